The summed E-state index contributed by atoms with van der Waals surface area (Å²) in [5.41, 5.74) is 1.23. The maximum absolute atomic E-state index is 12.1. The van der Waals surface area contributed by atoms with E-state index in [1.165, 1.54) is 0 Å². The predicted octanol–water partition coefficient (Wildman–Crippen LogP) is 3.54. The molecule has 2 amide bonds. The quantitative estimate of drug-likeness (QED) is 0.517. The van der Waals surface area contributed by atoms with Gasteiger partial charge < -0.3 is 15.2 Å². The third-order valence-electron chi connectivity index (χ3n) is 3.65. The van der Waals surface area contributed by atoms with E-state index in [1.54, 1.807) is 30.1 Å². The fourth-order valence-electron chi connectivity index (χ4n) is 2.27. The lowest BCUT2D eigenvalue weighted by molar-refractivity contribution is -0.115. The van der Waals surface area contributed by atoms with Crippen molar-refractivity contribution in [2.45, 2.75) is 10.1 Å². The van der Waals surface area contributed by atoms with Gasteiger partial charge in [0.15, 0.2) is 5.16 Å². The number of nitrogens with zero attached hydrogens (tertiary/aromatic N) is 2. The molecule has 1 heterocycles. The molecule has 8 heteroatoms. The van der Waals surface area contributed by atoms with Gasteiger partial charge in [0.05, 0.1) is 12.1 Å². The van der Waals surface area contributed by atoms with E-state index >= 15 is 0 Å². The van der Waals surface area contributed by atoms with Gasteiger partial charge >= 0.3 is 0 Å². The number of amides is 2. The van der Waals surface area contributed by atoms with Crippen LogP contribution in [0, 0.1) is 3.57 Å². The molecule has 0 fully saturated rings. The standard InChI is InChI=1S/C19H17IN4O2S/c1-24-11-10-21-19(24)27-14-8-6-13(7-9-14)23-17(25)12-22-18(26)15-4-2-3-5-16(15)20/h2-11H,12H2,1H3,(H,22,26)(H,23,25). The van der Waals surface area contributed by atoms with Crippen LogP contribution in [0.5, 0.6) is 0 Å². The van der Waals surface area contributed by atoms with Crippen molar-refractivity contribution in [2.24, 2.45) is 7.05 Å². The Morgan fingerprint density at radius 3 is 2.56 bits per heavy atom. The number of hydrogen-bond acceptors (Lipinski definition) is 4. The number of hydrogen-bond donors (Lipinski definition) is 2. The number of rotatable bonds is 6. The molecular weight excluding hydrogens is 475 g/mol. The first-order chi connectivity index (χ1) is 13.0. The molecule has 0 atom stereocenters. The molecule has 0 radical (unpaired) electrons. The molecule has 138 valence electrons. The molecule has 2 N–H and O–H groups in total. The molecule has 0 aliphatic heterocycles. The zero-order chi connectivity index (χ0) is 19.2. The van der Waals surface area contributed by atoms with Crippen molar-refractivity contribution in [1.29, 1.82) is 0 Å². The lowest BCUT2D eigenvalue weighted by atomic mass is 10.2. The number of carbonyl (C=O) groups excluding carboxylic acids is 2. The molecular formula is C19H17IN4O2S. The summed E-state index contributed by atoms with van der Waals surface area (Å²) in [6, 6.07) is 14.7. The van der Waals surface area contributed by atoms with Gasteiger partial charge in [-0.2, -0.15) is 0 Å². The van der Waals surface area contributed by atoms with Crippen molar-refractivity contribution in [3.8, 4) is 0 Å². The largest absolute Gasteiger partial charge is 0.343 e. The van der Waals surface area contributed by atoms with Gasteiger partial charge in [0.2, 0.25) is 5.91 Å². The summed E-state index contributed by atoms with van der Waals surface area (Å²) in [7, 11) is 1.94. The summed E-state index contributed by atoms with van der Waals surface area (Å²) in [4.78, 5) is 29.5. The Morgan fingerprint density at radius 2 is 1.89 bits per heavy atom. The van der Waals surface area contributed by atoms with Crippen LogP contribution in [-0.2, 0) is 11.8 Å². The molecule has 0 unspecified atom stereocenters. The van der Waals surface area contributed by atoms with Crippen LogP contribution in [0.15, 0.2) is 71.0 Å². The van der Waals surface area contributed by atoms with Crippen LogP contribution in [0.1, 0.15) is 10.4 Å². The van der Waals surface area contributed by atoms with Crippen LogP contribution in [0.3, 0.4) is 0 Å². The molecule has 0 spiro atoms. The maximum Gasteiger partial charge on any atom is 0.252 e. The third kappa shape index (κ3) is 5.33. The van der Waals surface area contributed by atoms with Crippen molar-refractivity contribution in [2.75, 3.05) is 11.9 Å². The monoisotopic (exact) mass is 492 g/mol. The molecule has 0 saturated carbocycles. The highest BCUT2D eigenvalue weighted by atomic mass is 127. The minimum atomic E-state index is -0.279. The number of imidazole rings is 1. The van der Waals surface area contributed by atoms with Crippen LogP contribution in [0.2, 0.25) is 0 Å². The van der Waals surface area contributed by atoms with E-state index in [-0.39, 0.29) is 18.4 Å². The van der Waals surface area contributed by atoms with Crippen LogP contribution in [0.4, 0.5) is 5.69 Å². The van der Waals surface area contributed by atoms with Gasteiger partial charge in [0.25, 0.3) is 5.91 Å². The number of aromatic nitrogens is 2. The number of aryl methyl sites for hydroxylation is 1. The zero-order valence-electron chi connectivity index (χ0n) is 14.5. The van der Waals surface area contributed by atoms with Crippen molar-refractivity contribution in [3.63, 3.8) is 0 Å². The van der Waals surface area contributed by atoms with Crippen molar-refractivity contribution < 1.29 is 9.59 Å². The first-order valence-electron chi connectivity index (χ1n) is 8.11. The first-order valence-corrected chi connectivity index (χ1v) is 10.0. The van der Waals surface area contributed by atoms with Gasteiger partial charge in [-0.25, -0.2) is 4.98 Å². The smallest absolute Gasteiger partial charge is 0.252 e. The molecule has 0 aliphatic rings. The lowest BCUT2D eigenvalue weighted by Gasteiger charge is -2.09. The minimum Gasteiger partial charge on any atom is -0.343 e. The van der Waals surface area contributed by atoms with Gasteiger partial charge in [-0.05, 0) is 59.0 Å². The van der Waals surface area contributed by atoms with Crippen LogP contribution < -0.4 is 10.6 Å². The highest BCUT2D eigenvalue weighted by molar-refractivity contribution is 14.1. The number of anilines is 1. The molecule has 2 aromatic carbocycles. The molecule has 1 aromatic heterocycles. The second-order valence-corrected chi connectivity index (χ2v) is 7.86. The topological polar surface area (TPSA) is 76.0 Å². The molecule has 27 heavy (non-hydrogen) atoms. The number of carbonyl (C=O) groups is 2. The SMILES string of the molecule is Cn1ccnc1Sc1ccc(NC(=O)CNC(=O)c2ccccc2I)cc1. The van der Waals surface area contributed by atoms with Crippen molar-refractivity contribution in [3.05, 3.63) is 70.1 Å². The fourth-order valence-corrected chi connectivity index (χ4v) is 3.70. The average molecular weight is 492 g/mol. The minimum absolute atomic E-state index is 0.0897. The van der Waals surface area contributed by atoms with Gasteiger partial charge in [-0.1, -0.05) is 23.9 Å². The summed E-state index contributed by atoms with van der Waals surface area (Å²) >= 11 is 3.64. The summed E-state index contributed by atoms with van der Waals surface area (Å²) < 4.78 is 2.78. The number of halogens is 1. The second-order valence-electron chi connectivity index (χ2n) is 5.66. The highest BCUT2D eigenvalue weighted by Gasteiger charge is 2.11. The molecule has 3 aromatic rings. The summed E-state index contributed by atoms with van der Waals surface area (Å²) in [5.74, 6) is -0.546. The van der Waals surface area contributed by atoms with Gasteiger partial charge in [-0.3, -0.25) is 9.59 Å². The maximum atomic E-state index is 12.1. The molecule has 6 nitrogen and oxygen atoms in total. The van der Waals surface area contributed by atoms with Gasteiger partial charge in [0, 0.05) is 33.6 Å². The molecule has 3 rings (SSSR count). The molecule has 0 bridgehead atoms. The van der Waals surface area contributed by atoms with Crippen LogP contribution in [0.25, 0.3) is 0 Å². The average Bonchev–Trinajstić information content (AvgIpc) is 3.06. The number of benzene rings is 2. The van der Waals surface area contributed by atoms with E-state index < -0.39 is 0 Å². The zero-order valence-corrected chi connectivity index (χ0v) is 17.5. The van der Waals surface area contributed by atoms with Gasteiger partial charge in [-0.15, -0.1) is 0 Å². The Bertz CT molecular complexity index is 956. The van der Waals surface area contributed by atoms with Crippen LogP contribution >= 0.6 is 34.4 Å². The van der Waals surface area contributed by atoms with E-state index in [0.717, 1.165) is 13.6 Å². The summed E-state index contributed by atoms with van der Waals surface area (Å²) in [6.45, 7) is -0.0897. The Hall–Kier alpha value is -2.33. The van der Waals surface area contributed by atoms with E-state index in [2.05, 4.69) is 38.2 Å². The Kier molecular flexibility index (Phi) is 6.51. The van der Waals surface area contributed by atoms with Crippen molar-refractivity contribution >= 4 is 51.9 Å². The highest BCUT2D eigenvalue weighted by Crippen LogP contribution is 2.26. The van der Waals surface area contributed by atoms with E-state index in [1.807, 2.05) is 54.2 Å². The van der Waals surface area contributed by atoms with Gasteiger partial charge in [0.1, 0.15) is 0 Å². The van der Waals surface area contributed by atoms with E-state index in [4.69, 9.17) is 0 Å². The van der Waals surface area contributed by atoms with E-state index in [0.29, 0.717) is 11.3 Å². The molecule has 0 aliphatic carbocycles. The Labute approximate surface area is 174 Å². The van der Waals surface area contributed by atoms with E-state index in [9.17, 15) is 9.59 Å². The summed E-state index contributed by atoms with van der Waals surface area (Å²) in [6.07, 6.45) is 3.64. The fraction of sp³-hybridized carbons (Fsp3) is 0.105. The van der Waals surface area contributed by atoms with Crippen LogP contribution in [-0.4, -0.2) is 27.9 Å². The second kappa shape index (κ2) is 9.05. The third-order valence-corrected chi connectivity index (χ3v) is 5.68. The first kappa shape index (κ1) is 19.4. The lowest BCUT2D eigenvalue weighted by Crippen LogP contribution is -2.33. The Balaban J connectivity index is 1.51. The summed E-state index contributed by atoms with van der Waals surface area (Å²) in [5, 5.41) is 6.30. The Morgan fingerprint density at radius 1 is 1.15 bits per heavy atom. The van der Waals surface area contributed by atoms with Crippen molar-refractivity contribution in [1.82, 2.24) is 14.9 Å². The molecule has 0 saturated heterocycles. The normalized spacial score (nSPS) is 10.4. The predicted molar refractivity (Wildman–Crippen MR) is 114 cm³/mol. The number of nitrogens with one attached hydrogen (secondary N) is 2.